The molecule has 0 bridgehead atoms. The number of amidine groups is 1. The Morgan fingerprint density at radius 2 is 1.77 bits per heavy atom. The number of unbranched alkanes of at least 4 members (excludes halogenated alkanes) is 1. The molecule has 1 saturated heterocycles. The molecule has 0 unspecified atom stereocenters. The zero-order chi connectivity index (χ0) is 30.6. The van der Waals surface area contributed by atoms with Crippen LogP contribution in [-0.4, -0.2) is 43.9 Å². The number of ether oxygens (including phenoxy) is 1. The zero-order valence-corrected chi connectivity index (χ0v) is 24.3. The molecule has 12 heteroatoms. The highest BCUT2D eigenvalue weighted by Gasteiger charge is 2.32. The summed E-state index contributed by atoms with van der Waals surface area (Å²) in [5.74, 6) is 0.106. The van der Waals surface area contributed by atoms with Gasteiger partial charge >= 0.3 is 6.36 Å². The predicted molar refractivity (Wildman–Crippen MR) is 159 cm³/mol. The van der Waals surface area contributed by atoms with E-state index in [1.807, 2.05) is 56.3 Å². The number of carbonyl (C=O) groups is 2. The van der Waals surface area contributed by atoms with Gasteiger partial charge in [-0.15, -0.1) is 18.3 Å². The lowest BCUT2D eigenvalue weighted by atomic mass is 10.0. The van der Waals surface area contributed by atoms with Crippen LogP contribution in [-0.2, 0) is 16.0 Å². The summed E-state index contributed by atoms with van der Waals surface area (Å²) in [5, 5.41) is 4.86. The molecule has 0 N–H and O–H groups in total. The number of aryl methyl sites for hydroxylation is 3. The first kappa shape index (κ1) is 30.0. The Balaban J connectivity index is 1.12. The Bertz CT molecular complexity index is 1650. The first-order valence-electron chi connectivity index (χ1n) is 13.6. The number of hydrogen-bond acceptors (Lipinski definition) is 6. The first-order chi connectivity index (χ1) is 20.6. The molecule has 0 radical (unpaired) electrons. The van der Waals surface area contributed by atoms with Gasteiger partial charge in [0.1, 0.15) is 12.1 Å². The van der Waals surface area contributed by atoms with E-state index >= 15 is 0 Å². The van der Waals surface area contributed by atoms with E-state index in [9.17, 15) is 22.8 Å². The number of nitrogens with zero attached hydrogens (tertiary/aromatic N) is 5. The molecule has 1 aliphatic rings. The Kier molecular flexibility index (Phi) is 8.95. The van der Waals surface area contributed by atoms with Gasteiger partial charge in [0.2, 0.25) is 11.8 Å². The van der Waals surface area contributed by atoms with Crippen LogP contribution in [0.5, 0.6) is 5.75 Å². The van der Waals surface area contributed by atoms with Crippen molar-refractivity contribution in [2.24, 2.45) is 4.99 Å². The van der Waals surface area contributed by atoms with Crippen LogP contribution < -0.4 is 9.64 Å². The standard InChI is InChI=1S/C31H28F3N5O3S/c1-20-7-8-21(2)26(17-20)39-28(41)18-43-30(39)36-27(40)6-4-3-5-22-9-11-23(12-10-22)29-35-19-38(37-29)24-13-15-25(16-14-24)42-31(32,33)34/h7-17,19H,3-6,18H2,1-2H3. The molecule has 2 amide bonds. The average Bonchev–Trinajstić information content (AvgIpc) is 3.59. The maximum atomic E-state index is 12.6. The van der Waals surface area contributed by atoms with Crippen LogP contribution in [0.1, 0.15) is 36.0 Å². The van der Waals surface area contributed by atoms with Crippen LogP contribution in [0.3, 0.4) is 0 Å². The summed E-state index contributed by atoms with van der Waals surface area (Å²) in [5.41, 5.74) is 5.18. The molecular formula is C31H28F3N5O3S. The van der Waals surface area contributed by atoms with Gasteiger partial charge in [-0.1, -0.05) is 48.2 Å². The third kappa shape index (κ3) is 7.69. The maximum absolute atomic E-state index is 12.6. The second-order valence-corrected chi connectivity index (χ2v) is 11.0. The van der Waals surface area contributed by atoms with Crippen LogP contribution >= 0.6 is 11.8 Å². The predicted octanol–water partition coefficient (Wildman–Crippen LogP) is 6.83. The second kappa shape index (κ2) is 12.8. The highest BCUT2D eigenvalue weighted by Crippen LogP contribution is 2.30. The van der Waals surface area contributed by atoms with Crippen molar-refractivity contribution in [1.82, 2.24) is 14.8 Å². The molecule has 2 heterocycles. The van der Waals surface area contributed by atoms with Gasteiger partial charge in [0.15, 0.2) is 11.0 Å². The fourth-order valence-electron chi connectivity index (χ4n) is 4.55. The van der Waals surface area contributed by atoms with Gasteiger partial charge in [0.05, 0.1) is 17.1 Å². The molecule has 4 aromatic rings. The topological polar surface area (TPSA) is 89.7 Å². The van der Waals surface area contributed by atoms with Gasteiger partial charge in [-0.3, -0.25) is 14.5 Å². The fraction of sp³-hybridized carbons (Fsp3) is 0.258. The fourth-order valence-corrected chi connectivity index (χ4v) is 5.43. The van der Waals surface area contributed by atoms with E-state index in [1.54, 1.807) is 4.90 Å². The third-order valence-electron chi connectivity index (χ3n) is 6.74. The van der Waals surface area contributed by atoms with Gasteiger partial charge in [0.25, 0.3) is 0 Å². The van der Waals surface area contributed by atoms with Gasteiger partial charge in [-0.05, 0) is 80.1 Å². The summed E-state index contributed by atoms with van der Waals surface area (Å²) in [6.45, 7) is 3.89. The molecule has 5 rings (SSSR count). The molecule has 0 aliphatic carbocycles. The number of aliphatic imine (C=N–C) groups is 1. The Labute approximate surface area is 250 Å². The Morgan fingerprint density at radius 1 is 1.02 bits per heavy atom. The quantitative estimate of drug-likeness (QED) is 0.194. The molecule has 0 saturated carbocycles. The summed E-state index contributed by atoms with van der Waals surface area (Å²) in [7, 11) is 0. The summed E-state index contributed by atoms with van der Waals surface area (Å²) in [6, 6.07) is 19.0. The van der Waals surface area contributed by atoms with Crippen molar-refractivity contribution in [2.75, 3.05) is 10.7 Å². The number of carbonyl (C=O) groups excluding carboxylic acids is 2. The lowest BCUT2D eigenvalue weighted by Gasteiger charge is -2.18. The number of hydrogen-bond donors (Lipinski definition) is 0. The molecule has 1 aromatic heterocycles. The number of alkyl halides is 3. The highest BCUT2D eigenvalue weighted by molar-refractivity contribution is 8.15. The van der Waals surface area contributed by atoms with E-state index in [1.165, 1.54) is 47.0 Å². The maximum Gasteiger partial charge on any atom is 0.573 e. The third-order valence-corrected chi connectivity index (χ3v) is 7.66. The van der Waals surface area contributed by atoms with Crippen molar-refractivity contribution >= 4 is 34.4 Å². The Hall–Kier alpha value is -4.45. The van der Waals surface area contributed by atoms with E-state index in [2.05, 4.69) is 19.8 Å². The van der Waals surface area contributed by atoms with Gasteiger partial charge in [0, 0.05) is 12.0 Å². The molecule has 0 spiro atoms. The lowest BCUT2D eigenvalue weighted by Crippen LogP contribution is -2.30. The number of rotatable bonds is 9. The number of halogens is 3. The summed E-state index contributed by atoms with van der Waals surface area (Å²) in [6.07, 6.45) is -0.727. The van der Waals surface area contributed by atoms with Crippen molar-refractivity contribution in [3.05, 3.63) is 89.7 Å². The van der Waals surface area contributed by atoms with Gasteiger partial charge in [-0.2, -0.15) is 4.99 Å². The number of anilines is 1. The minimum absolute atomic E-state index is 0.0794. The second-order valence-electron chi connectivity index (χ2n) is 10.1. The highest BCUT2D eigenvalue weighted by atomic mass is 32.2. The Morgan fingerprint density at radius 3 is 2.49 bits per heavy atom. The lowest BCUT2D eigenvalue weighted by molar-refractivity contribution is -0.274. The molecular weight excluding hydrogens is 579 g/mol. The smallest absolute Gasteiger partial charge is 0.406 e. The number of amides is 2. The van der Waals surface area contributed by atoms with E-state index in [4.69, 9.17) is 0 Å². The normalized spacial score (nSPS) is 14.5. The van der Waals surface area contributed by atoms with Gasteiger partial charge in [-0.25, -0.2) is 9.67 Å². The molecule has 222 valence electrons. The number of aromatic nitrogens is 3. The monoisotopic (exact) mass is 607 g/mol. The molecule has 1 fully saturated rings. The van der Waals surface area contributed by atoms with Crippen molar-refractivity contribution in [3.8, 4) is 22.8 Å². The van der Waals surface area contributed by atoms with Crippen LogP contribution in [0.25, 0.3) is 17.1 Å². The van der Waals surface area contributed by atoms with Crippen LogP contribution in [0, 0.1) is 13.8 Å². The number of benzene rings is 3. The van der Waals surface area contributed by atoms with E-state index in [0.717, 1.165) is 40.8 Å². The summed E-state index contributed by atoms with van der Waals surface area (Å²) >= 11 is 1.29. The van der Waals surface area contributed by atoms with Crippen LogP contribution in [0.4, 0.5) is 18.9 Å². The summed E-state index contributed by atoms with van der Waals surface area (Å²) < 4.78 is 42.5. The van der Waals surface area contributed by atoms with Crippen LogP contribution in [0.15, 0.2) is 78.0 Å². The largest absolute Gasteiger partial charge is 0.573 e. The minimum atomic E-state index is -4.75. The van der Waals surface area contributed by atoms with E-state index in [-0.39, 0.29) is 23.3 Å². The van der Waals surface area contributed by atoms with Crippen molar-refractivity contribution < 1.29 is 27.5 Å². The number of thioether (sulfide) groups is 1. The van der Waals surface area contributed by atoms with E-state index < -0.39 is 6.36 Å². The van der Waals surface area contributed by atoms with Crippen molar-refractivity contribution in [1.29, 1.82) is 0 Å². The van der Waals surface area contributed by atoms with Crippen molar-refractivity contribution in [2.45, 2.75) is 45.9 Å². The van der Waals surface area contributed by atoms with Crippen LogP contribution in [0.2, 0.25) is 0 Å². The zero-order valence-electron chi connectivity index (χ0n) is 23.5. The SMILES string of the molecule is Cc1ccc(C)c(N2C(=O)CSC2=NC(=O)CCCCc2ccc(-c3ncn(-c4ccc(OC(F)(F)F)cc4)n3)cc2)c1. The van der Waals surface area contributed by atoms with E-state index in [0.29, 0.717) is 29.5 Å². The molecule has 1 aliphatic heterocycles. The minimum Gasteiger partial charge on any atom is -0.406 e. The van der Waals surface area contributed by atoms with Gasteiger partial charge < -0.3 is 4.74 Å². The molecule has 8 nitrogen and oxygen atoms in total. The average molecular weight is 608 g/mol. The molecule has 43 heavy (non-hydrogen) atoms. The first-order valence-corrected chi connectivity index (χ1v) is 14.6. The molecule has 3 aromatic carbocycles. The van der Waals surface area contributed by atoms with Crippen molar-refractivity contribution in [3.63, 3.8) is 0 Å². The summed E-state index contributed by atoms with van der Waals surface area (Å²) in [4.78, 5) is 35.3. The molecule has 0 atom stereocenters.